The van der Waals surface area contributed by atoms with Crippen molar-refractivity contribution in [2.45, 2.75) is 45.8 Å². The van der Waals surface area contributed by atoms with Crippen LogP contribution in [0.15, 0.2) is 82.6 Å². The maximum Gasteiger partial charge on any atom is 0.250 e. The van der Waals surface area contributed by atoms with Crippen molar-refractivity contribution in [3.8, 4) is 22.5 Å². The van der Waals surface area contributed by atoms with Gasteiger partial charge in [0, 0.05) is 54.3 Å². The zero-order chi connectivity index (χ0) is 28.4. The number of benzene rings is 1. The third kappa shape index (κ3) is 5.55. The predicted octanol–water partition coefficient (Wildman–Crippen LogP) is 4.67. The molecule has 0 aliphatic rings. The van der Waals surface area contributed by atoms with Crippen LogP contribution in [0.2, 0.25) is 0 Å². The third-order valence-corrected chi connectivity index (χ3v) is 6.65. The molecule has 0 radical (unpaired) electrons. The fraction of sp³-hybridized carbons (Fsp3) is 0.258. The lowest BCUT2D eigenvalue weighted by atomic mass is 10.0. The summed E-state index contributed by atoms with van der Waals surface area (Å²) in [7, 11) is 0. The topological polar surface area (TPSA) is 126 Å². The van der Waals surface area contributed by atoms with Gasteiger partial charge in [0.15, 0.2) is 11.2 Å². The van der Waals surface area contributed by atoms with Crippen LogP contribution in [0.4, 0.5) is 5.69 Å². The normalized spacial score (nSPS) is 11.8. The van der Waals surface area contributed by atoms with Crippen LogP contribution in [0.5, 0.6) is 0 Å². The van der Waals surface area contributed by atoms with Gasteiger partial charge >= 0.3 is 0 Å². The molecule has 1 aromatic carbocycles. The number of nitrogens with zero attached hydrogens (tertiary/aromatic N) is 4. The Morgan fingerprint density at radius 2 is 1.68 bits per heavy atom. The van der Waals surface area contributed by atoms with Gasteiger partial charge in [-0.25, -0.2) is 9.97 Å². The summed E-state index contributed by atoms with van der Waals surface area (Å²) in [5.74, 6) is 0. The van der Waals surface area contributed by atoms with Crippen LogP contribution in [0.3, 0.4) is 0 Å². The van der Waals surface area contributed by atoms with Crippen molar-refractivity contribution in [3.63, 3.8) is 0 Å². The molecule has 3 N–H and O–H groups in total. The van der Waals surface area contributed by atoms with Crippen molar-refractivity contribution in [1.82, 2.24) is 24.5 Å². The summed E-state index contributed by atoms with van der Waals surface area (Å²) >= 11 is 0. The van der Waals surface area contributed by atoms with E-state index in [2.05, 4.69) is 15.3 Å². The number of nitrogens with one attached hydrogen (secondary N) is 2. The highest BCUT2D eigenvalue weighted by Crippen LogP contribution is 2.30. The van der Waals surface area contributed by atoms with Crippen LogP contribution < -0.4 is 16.3 Å². The van der Waals surface area contributed by atoms with Crippen LogP contribution in [0.25, 0.3) is 33.7 Å². The summed E-state index contributed by atoms with van der Waals surface area (Å²) in [5, 5.41) is 13.4. The maximum absolute atomic E-state index is 13.5. The van der Waals surface area contributed by atoms with Gasteiger partial charge in [0.05, 0.1) is 17.1 Å². The second kappa shape index (κ2) is 10.9. The smallest absolute Gasteiger partial charge is 0.250 e. The molecule has 0 aliphatic heterocycles. The SMILES string of the molecule is CC(C)n1cc(-c2nc3c(=O)c(NCCc4cccc(C(C)(C)O)n4)c[nH]c3nc2-c2ccccc2)ccc1=O. The van der Waals surface area contributed by atoms with E-state index in [-0.39, 0.29) is 22.5 Å². The molecular weight excluding hydrogens is 504 g/mol. The van der Waals surface area contributed by atoms with Gasteiger partial charge in [-0.15, -0.1) is 0 Å². The number of anilines is 1. The Morgan fingerprint density at radius 3 is 2.40 bits per heavy atom. The number of rotatable bonds is 8. The highest BCUT2D eigenvalue weighted by atomic mass is 16.3. The Morgan fingerprint density at radius 1 is 0.925 bits per heavy atom. The number of fused-ring (bicyclic) bond motifs is 1. The summed E-state index contributed by atoms with van der Waals surface area (Å²) in [6.07, 6.45) is 3.93. The highest BCUT2D eigenvalue weighted by molar-refractivity contribution is 5.85. The summed E-state index contributed by atoms with van der Waals surface area (Å²) < 4.78 is 1.64. The molecule has 4 aromatic heterocycles. The molecule has 0 atom stereocenters. The summed E-state index contributed by atoms with van der Waals surface area (Å²) in [6.45, 7) is 7.73. The molecule has 9 nitrogen and oxygen atoms in total. The third-order valence-electron chi connectivity index (χ3n) is 6.65. The largest absolute Gasteiger partial charge is 0.384 e. The lowest BCUT2D eigenvalue weighted by Crippen LogP contribution is -2.20. The zero-order valence-corrected chi connectivity index (χ0v) is 23.0. The van der Waals surface area contributed by atoms with Crippen molar-refractivity contribution in [2.75, 3.05) is 11.9 Å². The van der Waals surface area contributed by atoms with E-state index in [9.17, 15) is 14.7 Å². The first-order chi connectivity index (χ1) is 19.1. The van der Waals surface area contributed by atoms with Gasteiger partial charge in [-0.1, -0.05) is 36.4 Å². The lowest BCUT2D eigenvalue weighted by Gasteiger charge is -2.17. The van der Waals surface area contributed by atoms with Gasteiger partial charge < -0.3 is 20.0 Å². The Kier molecular flexibility index (Phi) is 7.32. The van der Waals surface area contributed by atoms with Crippen molar-refractivity contribution < 1.29 is 5.11 Å². The van der Waals surface area contributed by atoms with E-state index in [0.29, 0.717) is 46.9 Å². The molecule has 0 saturated carbocycles. The second-order valence-electron chi connectivity index (χ2n) is 10.5. The summed E-state index contributed by atoms with van der Waals surface area (Å²) in [4.78, 5) is 43.2. The molecule has 0 aliphatic carbocycles. The predicted molar refractivity (Wildman–Crippen MR) is 157 cm³/mol. The van der Waals surface area contributed by atoms with Gasteiger partial charge in [-0.05, 0) is 45.9 Å². The molecule has 0 spiro atoms. The van der Waals surface area contributed by atoms with Crippen LogP contribution in [-0.4, -0.2) is 36.2 Å². The van der Waals surface area contributed by atoms with E-state index in [1.54, 1.807) is 42.9 Å². The minimum absolute atomic E-state index is 0.0427. The number of aliphatic hydroxyl groups is 1. The summed E-state index contributed by atoms with van der Waals surface area (Å²) in [5.41, 5.74) is 3.57. The minimum atomic E-state index is -1.03. The fourth-order valence-electron chi connectivity index (χ4n) is 4.49. The molecule has 0 bridgehead atoms. The average molecular weight is 537 g/mol. The number of H-pyrrole nitrogens is 1. The van der Waals surface area contributed by atoms with Crippen LogP contribution >= 0.6 is 0 Å². The molecule has 40 heavy (non-hydrogen) atoms. The Balaban J connectivity index is 1.53. The monoisotopic (exact) mass is 536 g/mol. The van der Waals surface area contributed by atoms with Crippen molar-refractivity contribution >= 4 is 16.9 Å². The van der Waals surface area contributed by atoms with Crippen molar-refractivity contribution in [2.24, 2.45) is 0 Å². The molecule has 0 amide bonds. The van der Waals surface area contributed by atoms with E-state index < -0.39 is 5.60 Å². The first-order valence-electron chi connectivity index (χ1n) is 13.3. The first-order valence-corrected chi connectivity index (χ1v) is 13.3. The van der Waals surface area contributed by atoms with Gasteiger partial charge in [0.25, 0.3) is 5.56 Å². The zero-order valence-electron chi connectivity index (χ0n) is 23.0. The first kappa shape index (κ1) is 27.0. The molecule has 4 heterocycles. The summed E-state index contributed by atoms with van der Waals surface area (Å²) in [6, 6.07) is 18.4. The van der Waals surface area contributed by atoms with E-state index >= 15 is 0 Å². The van der Waals surface area contributed by atoms with E-state index in [4.69, 9.17) is 9.97 Å². The van der Waals surface area contributed by atoms with Gasteiger partial charge in [-0.2, -0.15) is 0 Å². The Hall–Kier alpha value is -4.63. The maximum atomic E-state index is 13.5. The fourth-order valence-corrected chi connectivity index (χ4v) is 4.49. The quantitative estimate of drug-likeness (QED) is 0.263. The molecule has 0 unspecified atom stereocenters. The molecule has 0 saturated heterocycles. The molecule has 9 heteroatoms. The number of aromatic nitrogens is 5. The number of hydrogen-bond donors (Lipinski definition) is 3. The van der Waals surface area contributed by atoms with Crippen molar-refractivity contribution in [1.29, 1.82) is 0 Å². The van der Waals surface area contributed by atoms with Crippen molar-refractivity contribution in [3.05, 3.63) is 105 Å². The van der Waals surface area contributed by atoms with Gasteiger partial charge in [0.2, 0.25) is 5.43 Å². The van der Waals surface area contributed by atoms with Gasteiger partial charge in [-0.3, -0.25) is 14.6 Å². The van der Waals surface area contributed by atoms with Crippen LogP contribution in [-0.2, 0) is 12.0 Å². The van der Waals surface area contributed by atoms with E-state index in [1.165, 1.54) is 6.07 Å². The average Bonchev–Trinajstić information content (AvgIpc) is 2.94. The molecule has 204 valence electrons. The number of aromatic amines is 1. The molecule has 0 fully saturated rings. The molecule has 5 rings (SSSR count). The molecular formula is C31H32N6O3. The Bertz CT molecular complexity index is 1790. The molecule has 5 aromatic rings. The highest BCUT2D eigenvalue weighted by Gasteiger charge is 2.19. The lowest BCUT2D eigenvalue weighted by molar-refractivity contribution is 0.0736. The standard InChI is InChI=1S/C31H32N6O3/c1-19(2)37-18-21(13-14-25(37)38)27-26(20-9-6-5-7-10-20)36-30-28(35-27)29(39)23(17-33-30)32-16-15-22-11-8-12-24(34-22)31(3,4)40/h5-14,17-19,32,40H,15-16H2,1-4H3,(H,33,36,39). The number of hydrogen-bond acceptors (Lipinski definition) is 7. The van der Waals surface area contributed by atoms with Crippen LogP contribution in [0, 0.1) is 0 Å². The van der Waals surface area contributed by atoms with E-state index in [1.807, 2.05) is 56.3 Å². The number of pyridine rings is 3. The minimum Gasteiger partial charge on any atom is -0.384 e. The van der Waals surface area contributed by atoms with E-state index in [0.717, 1.165) is 11.3 Å². The van der Waals surface area contributed by atoms with Gasteiger partial charge in [0.1, 0.15) is 11.3 Å². The van der Waals surface area contributed by atoms with Crippen LogP contribution in [0.1, 0.15) is 45.1 Å². The Labute approximate surface area is 231 Å². The second-order valence-corrected chi connectivity index (χ2v) is 10.5.